The van der Waals surface area contributed by atoms with E-state index in [-0.39, 0.29) is 11.3 Å². The molecular formula is C25H25N5O3. The number of carbonyl (C=O) groups is 1. The van der Waals surface area contributed by atoms with Crippen molar-refractivity contribution in [2.24, 2.45) is 0 Å². The van der Waals surface area contributed by atoms with E-state index >= 15 is 0 Å². The highest BCUT2D eigenvalue weighted by Gasteiger charge is 2.52. The molecule has 3 aromatic rings. The van der Waals surface area contributed by atoms with Crippen LogP contribution in [0.15, 0.2) is 48.9 Å². The third-order valence-electron chi connectivity index (χ3n) is 6.86. The first kappa shape index (κ1) is 20.1. The van der Waals surface area contributed by atoms with E-state index in [2.05, 4.69) is 25.9 Å². The molecule has 4 heterocycles. The Kier molecular flexibility index (Phi) is 4.76. The van der Waals surface area contributed by atoms with E-state index in [0.29, 0.717) is 37.8 Å². The molecule has 2 fully saturated rings. The zero-order chi connectivity index (χ0) is 22.4. The van der Waals surface area contributed by atoms with Gasteiger partial charge in [-0.1, -0.05) is 6.07 Å². The lowest BCUT2D eigenvalue weighted by Gasteiger charge is -2.27. The van der Waals surface area contributed by atoms with Gasteiger partial charge >= 0.3 is 0 Å². The van der Waals surface area contributed by atoms with Gasteiger partial charge in [-0.2, -0.15) is 0 Å². The van der Waals surface area contributed by atoms with Crippen LogP contribution in [0.25, 0.3) is 11.3 Å². The molecule has 1 aliphatic carbocycles. The van der Waals surface area contributed by atoms with Gasteiger partial charge in [-0.3, -0.25) is 9.78 Å². The van der Waals surface area contributed by atoms with E-state index in [4.69, 9.17) is 9.47 Å². The van der Waals surface area contributed by atoms with Crippen LogP contribution in [0, 0.1) is 0 Å². The quantitative estimate of drug-likeness (QED) is 0.613. The maximum Gasteiger partial charge on any atom is 0.254 e. The number of benzene rings is 1. The summed E-state index contributed by atoms with van der Waals surface area (Å²) < 4.78 is 10.7. The molecule has 1 aromatic carbocycles. The number of pyridine rings is 1. The van der Waals surface area contributed by atoms with Crippen LogP contribution < -0.4 is 9.64 Å². The second-order valence-corrected chi connectivity index (χ2v) is 8.86. The predicted molar refractivity (Wildman–Crippen MR) is 123 cm³/mol. The van der Waals surface area contributed by atoms with Gasteiger partial charge < -0.3 is 19.3 Å². The highest BCUT2D eigenvalue weighted by molar-refractivity contribution is 5.96. The Morgan fingerprint density at radius 2 is 1.85 bits per heavy atom. The fourth-order valence-corrected chi connectivity index (χ4v) is 4.80. The number of amides is 1. The molecule has 3 aliphatic rings. The summed E-state index contributed by atoms with van der Waals surface area (Å²) in [5, 5.41) is 0. The molecule has 2 aliphatic heterocycles. The predicted octanol–water partition coefficient (Wildman–Crippen LogP) is 3.20. The number of rotatable bonds is 4. The third kappa shape index (κ3) is 3.51. The molecule has 0 radical (unpaired) electrons. The largest absolute Gasteiger partial charge is 0.497 e. The Morgan fingerprint density at radius 3 is 2.58 bits per heavy atom. The van der Waals surface area contributed by atoms with Crippen LogP contribution in [0.5, 0.6) is 5.75 Å². The summed E-state index contributed by atoms with van der Waals surface area (Å²) in [6.45, 7) is 3.29. The Labute approximate surface area is 192 Å². The molecule has 8 nitrogen and oxygen atoms in total. The van der Waals surface area contributed by atoms with E-state index in [0.717, 1.165) is 42.1 Å². The Hall–Kier alpha value is -3.52. The smallest absolute Gasteiger partial charge is 0.254 e. The number of hydrogen-bond donors (Lipinski definition) is 0. The van der Waals surface area contributed by atoms with Crippen molar-refractivity contribution in [2.75, 3.05) is 44.9 Å². The summed E-state index contributed by atoms with van der Waals surface area (Å²) in [6.07, 6.45) is 7.61. The number of morpholine rings is 1. The van der Waals surface area contributed by atoms with Crippen molar-refractivity contribution < 1.29 is 14.3 Å². The fraction of sp³-hybridized carbons (Fsp3) is 0.360. The molecule has 1 amide bonds. The molecule has 8 heteroatoms. The average Bonchev–Trinajstić information content (AvgIpc) is 3.60. The van der Waals surface area contributed by atoms with E-state index in [1.54, 1.807) is 25.7 Å². The number of hydrogen-bond acceptors (Lipinski definition) is 7. The summed E-state index contributed by atoms with van der Waals surface area (Å²) in [7, 11) is 1.63. The number of carbonyl (C=O) groups excluding carboxylic acids is 1. The van der Waals surface area contributed by atoms with E-state index in [9.17, 15) is 4.79 Å². The summed E-state index contributed by atoms with van der Waals surface area (Å²) >= 11 is 0. The Bertz CT molecular complexity index is 1200. The molecule has 0 unspecified atom stereocenters. The topological polar surface area (TPSA) is 80.7 Å². The van der Waals surface area contributed by atoms with Gasteiger partial charge in [0.1, 0.15) is 5.75 Å². The van der Waals surface area contributed by atoms with Crippen LogP contribution in [-0.4, -0.2) is 65.7 Å². The van der Waals surface area contributed by atoms with Gasteiger partial charge in [-0.25, -0.2) is 9.97 Å². The van der Waals surface area contributed by atoms with Crippen molar-refractivity contribution in [1.29, 1.82) is 0 Å². The number of fused-ring (bicyclic) bond motifs is 2. The second kappa shape index (κ2) is 7.81. The van der Waals surface area contributed by atoms with Crippen LogP contribution in [-0.2, 0) is 10.2 Å². The molecule has 0 bridgehead atoms. The number of aromatic nitrogens is 3. The first-order valence-electron chi connectivity index (χ1n) is 11.3. The molecule has 1 spiro atoms. The van der Waals surface area contributed by atoms with Crippen LogP contribution in [0.2, 0.25) is 0 Å². The number of ether oxygens (including phenoxy) is 2. The lowest BCUT2D eigenvalue weighted by Crippen LogP contribution is -2.40. The normalized spacial score (nSPS) is 18.3. The standard InChI is InChI=1S/C25H25N5O3/c1-32-19-4-7-26-21(13-19)18-14-27-24(28-15-18)30-16-25(5-6-25)20-3-2-17(12-22(20)30)23(31)29-8-10-33-11-9-29/h2-4,7,12-15H,5-6,8-11,16H2,1H3. The molecule has 2 aromatic heterocycles. The monoisotopic (exact) mass is 443 g/mol. The molecule has 0 N–H and O–H groups in total. The molecule has 33 heavy (non-hydrogen) atoms. The SMILES string of the molecule is COc1ccnc(-c2cnc(N3CC4(CC4)c4ccc(C(=O)N5CCOCC5)cc43)nc2)c1. The number of nitrogens with zero attached hydrogens (tertiary/aromatic N) is 5. The highest BCUT2D eigenvalue weighted by atomic mass is 16.5. The van der Waals surface area contributed by atoms with Crippen molar-refractivity contribution in [3.8, 4) is 17.0 Å². The molecule has 1 saturated heterocycles. The van der Waals surface area contributed by atoms with Gasteiger partial charge in [0.25, 0.3) is 5.91 Å². The van der Waals surface area contributed by atoms with Crippen LogP contribution >= 0.6 is 0 Å². The van der Waals surface area contributed by atoms with Gasteiger partial charge in [-0.05, 0) is 36.6 Å². The Morgan fingerprint density at radius 1 is 1.06 bits per heavy atom. The Balaban J connectivity index is 1.31. The maximum absolute atomic E-state index is 13.1. The minimum absolute atomic E-state index is 0.0539. The van der Waals surface area contributed by atoms with Crippen LogP contribution in [0.1, 0.15) is 28.8 Å². The molecule has 0 atom stereocenters. The third-order valence-corrected chi connectivity index (χ3v) is 6.86. The zero-order valence-corrected chi connectivity index (χ0v) is 18.5. The van der Waals surface area contributed by atoms with Crippen molar-refractivity contribution >= 4 is 17.5 Å². The fourth-order valence-electron chi connectivity index (χ4n) is 4.80. The van der Waals surface area contributed by atoms with E-state index < -0.39 is 0 Å². The second-order valence-electron chi connectivity index (χ2n) is 8.86. The minimum atomic E-state index is 0.0539. The van der Waals surface area contributed by atoms with Crippen LogP contribution in [0.3, 0.4) is 0 Å². The minimum Gasteiger partial charge on any atom is -0.497 e. The lowest BCUT2D eigenvalue weighted by molar-refractivity contribution is 0.0303. The van der Waals surface area contributed by atoms with Gasteiger partial charge in [0.2, 0.25) is 5.95 Å². The van der Waals surface area contributed by atoms with Gasteiger partial charge in [0.05, 0.1) is 26.0 Å². The highest BCUT2D eigenvalue weighted by Crippen LogP contribution is 2.57. The summed E-state index contributed by atoms with van der Waals surface area (Å²) in [5.74, 6) is 1.44. The van der Waals surface area contributed by atoms with E-state index in [1.165, 1.54) is 5.56 Å². The molecule has 1 saturated carbocycles. The molecule has 168 valence electrons. The maximum atomic E-state index is 13.1. The first-order valence-corrected chi connectivity index (χ1v) is 11.3. The molecule has 6 rings (SSSR count). The van der Waals surface area contributed by atoms with E-state index in [1.807, 2.05) is 29.2 Å². The summed E-state index contributed by atoms with van der Waals surface area (Å²) in [6, 6.07) is 9.79. The lowest BCUT2D eigenvalue weighted by atomic mass is 9.97. The van der Waals surface area contributed by atoms with Crippen LogP contribution in [0.4, 0.5) is 11.6 Å². The average molecular weight is 444 g/mol. The number of anilines is 2. The van der Waals surface area contributed by atoms with Crippen molar-refractivity contribution in [2.45, 2.75) is 18.3 Å². The summed E-state index contributed by atoms with van der Waals surface area (Å²) in [4.78, 5) is 30.8. The van der Waals surface area contributed by atoms with Crippen molar-refractivity contribution in [3.63, 3.8) is 0 Å². The van der Waals surface area contributed by atoms with Crippen molar-refractivity contribution in [1.82, 2.24) is 19.9 Å². The van der Waals surface area contributed by atoms with Gasteiger partial charge in [0.15, 0.2) is 0 Å². The zero-order valence-electron chi connectivity index (χ0n) is 18.5. The van der Waals surface area contributed by atoms with Gasteiger partial charge in [-0.15, -0.1) is 0 Å². The van der Waals surface area contributed by atoms with Crippen molar-refractivity contribution in [3.05, 3.63) is 60.0 Å². The first-order chi connectivity index (χ1) is 16.2. The molecular weight excluding hydrogens is 418 g/mol. The number of methoxy groups -OCH3 is 1. The summed E-state index contributed by atoms with van der Waals surface area (Å²) in [5.41, 5.74) is 4.79. The van der Waals surface area contributed by atoms with Gasteiger partial charge in [0, 0.05) is 66.5 Å².